The third-order valence-corrected chi connectivity index (χ3v) is 3.79. The zero-order valence-corrected chi connectivity index (χ0v) is 14.6. The maximum Gasteiger partial charge on any atom is 0.0870 e. The van der Waals surface area contributed by atoms with Gasteiger partial charge in [0.2, 0.25) is 0 Å². The van der Waals surface area contributed by atoms with Gasteiger partial charge in [0, 0.05) is 5.56 Å². The Labute approximate surface area is 130 Å². The number of oxime groups is 1. The fourth-order valence-electron chi connectivity index (χ4n) is 3.05. The maximum atomic E-state index is 9.21. The lowest BCUT2D eigenvalue weighted by molar-refractivity contribution is 0.317. The highest BCUT2D eigenvalue weighted by atomic mass is 16.4. The van der Waals surface area contributed by atoms with E-state index >= 15 is 0 Å². The molecule has 0 bridgehead atoms. The van der Waals surface area contributed by atoms with E-state index in [1.54, 1.807) is 0 Å². The molecule has 0 saturated carbocycles. The van der Waals surface area contributed by atoms with Crippen molar-refractivity contribution in [1.29, 1.82) is 0 Å². The lowest BCUT2D eigenvalue weighted by atomic mass is 9.81. The van der Waals surface area contributed by atoms with Crippen LogP contribution in [0.15, 0.2) is 17.3 Å². The van der Waals surface area contributed by atoms with Crippen molar-refractivity contribution in [3.8, 4) is 0 Å². The summed E-state index contributed by atoms with van der Waals surface area (Å²) in [5.41, 5.74) is 6.53. The van der Waals surface area contributed by atoms with E-state index in [4.69, 9.17) is 0 Å². The Balaban J connectivity index is 0.00000106. The van der Waals surface area contributed by atoms with E-state index in [0.717, 1.165) is 37.8 Å². The second-order valence-electron chi connectivity index (χ2n) is 6.77. The number of nitrogens with zero attached hydrogens (tertiary/aromatic N) is 1. The first-order valence-corrected chi connectivity index (χ1v) is 8.30. The van der Waals surface area contributed by atoms with E-state index in [-0.39, 0.29) is 5.41 Å². The number of aryl methyl sites for hydroxylation is 1. The Morgan fingerprint density at radius 3 is 2.33 bits per heavy atom. The summed E-state index contributed by atoms with van der Waals surface area (Å²) < 4.78 is 0. The molecule has 0 heterocycles. The first-order valence-electron chi connectivity index (χ1n) is 8.30. The zero-order chi connectivity index (χ0) is 16.0. The van der Waals surface area contributed by atoms with Crippen molar-refractivity contribution >= 4 is 5.71 Å². The molecule has 0 saturated heterocycles. The van der Waals surface area contributed by atoms with Gasteiger partial charge >= 0.3 is 0 Å². The van der Waals surface area contributed by atoms with Crippen LogP contribution in [0.5, 0.6) is 0 Å². The van der Waals surface area contributed by atoms with Crippen molar-refractivity contribution in [2.45, 2.75) is 73.6 Å². The number of hydrogen-bond acceptors (Lipinski definition) is 2. The van der Waals surface area contributed by atoms with Crippen molar-refractivity contribution in [1.82, 2.24) is 0 Å². The molecule has 0 spiro atoms. The molecule has 2 heteroatoms. The van der Waals surface area contributed by atoms with Crippen molar-refractivity contribution in [3.63, 3.8) is 0 Å². The van der Waals surface area contributed by atoms with Crippen molar-refractivity contribution < 1.29 is 5.21 Å². The van der Waals surface area contributed by atoms with Gasteiger partial charge in [-0.2, -0.15) is 0 Å². The van der Waals surface area contributed by atoms with E-state index in [0.29, 0.717) is 0 Å². The molecular weight excluding hydrogens is 258 g/mol. The molecule has 21 heavy (non-hydrogen) atoms. The van der Waals surface area contributed by atoms with Crippen LogP contribution in [0.4, 0.5) is 0 Å². The Morgan fingerprint density at radius 1 is 1.14 bits per heavy atom. The molecule has 1 aliphatic carbocycles. The van der Waals surface area contributed by atoms with Crippen LogP contribution < -0.4 is 0 Å². The van der Waals surface area contributed by atoms with Gasteiger partial charge in [0.15, 0.2) is 0 Å². The fourth-order valence-corrected chi connectivity index (χ4v) is 3.05. The van der Waals surface area contributed by atoms with Gasteiger partial charge in [0.05, 0.1) is 5.71 Å². The van der Waals surface area contributed by atoms with Gasteiger partial charge in [0.1, 0.15) is 0 Å². The number of rotatable bonds is 2. The summed E-state index contributed by atoms with van der Waals surface area (Å²) in [6.45, 7) is 13.0. The van der Waals surface area contributed by atoms with Crippen LogP contribution in [-0.2, 0) is 19.3 Å². The van der Waals surface area contributed by atoms with Crippen LogP contribution in [0.1, 0.15) is 76.6 Å². The monoisotopic (exact) mass is 289 g/mol. The molecule has 0 atom stereocenters. The predicted molar refractivity (Wildman–Crippen MR) is 91.6 cm³/mol. The minimum atomic E-state index is 0.282. The summed E-state index contributed by atoms with van der Waals surface area (Å²) in [5.74, 6) is 0. The van der Waals surface area contributed by atoms with Crippen LogP contribution in [0.3, 0.4) is 0 Å². The maximum absolute atomic E-state index is 9.21. The number of fused-ring (bicyclic) bond motifs is 1. The van der Waals surface area contributed by atoms with Crippen LogP contribution >= 0.6 is 0 Å². The van der Waals surface area contributed by atoms with Gasteiger partial charge in [-0.05, 0) is 60.3 Å². The third kappa shape index (κ3) is 4.59. The molecule has 0 aliphatic heterocycles. The number of hydrogen-bond donors (Lipinski definition) is 1. The second-order valence-corrected chi connectivity index (χ2v) is 6.77. The molecule has 1 aromatic rings. The molecule has 1 aliphatic rings. The van der Waals surface area contributed by atoms with E-state index in [2.05, 4.69) is 45.0 Å². The van der Waals surface area contributed by atoms with Gasteiger partial charge < -0.3 is 5.21 Å². The van der Waals surface area contributed by atoms with Crippen molar-refractivity contribution in [2.75, 3.05) is 0 Å². The van der Waals surface area contributed by atoms with Crippen LogP contribution in [-0.4, -0.2) is 10.9 Å². The van der Waals surface area contributed by atoms with Gasteiger partial charge in [0.25, 0.3) is 0 Å². The summed E-state index contributed by atoms with van der Waals surface area (Å²) in [5, 5.41) is 12.7. The molecular formula is C19H31NO. The Morgan fingerprint density at radius 2 is 1.81 bits per heavy atom. The molecule has 0 aromatic heterocycles. The first kappa shape index (κ1) is 17.7. The summed E-state index contributed by atoms with van der Waals surface area (Å²) >= 11 is 0. The molecule has 0 radical (unpaired) electrons. The summed E-state index contributed by atoms with van der Waals surface area (Å²) in [4.78, 5) is 0. The van der Waals surface area contributed by atoms with Crippen LogP contribution in [0.25, 0.3) is 0 Å². The molecule has 0 amide bonds. The lowest BCUT2D eigenvalue weighted by Gasteiger charge is -2.24. The van der Waals surface area contributed by atoms with E-state index in [1.807, 2.05) is 13.8 Å². The average molecular weight is 289 g/mol. The Kier molecular flexibility index (Phi) is 6.44. The fraction of sp³-hybridized carbons (Fsp3) is 0.632. The highest BCUT2D eigenvalue weighted by Crippen LogP contribution is 2.30. The highest BCUT2D eigenvalue weighted by Gasteiger charge is 2.21. The topological polar surface area (TPSA) is 32.6 Å². The van der Waals surface area contributed by atoms with Crippen molar-refractivity contribution in [2.24, 2.45) is 10.6 Å². The Hall–Kier alpha value is -1.31. The Bertz CT molecular complexity index is 495. The van der Waals surface area contributed by atoms with E-state index in [1.165, 1.54) is 22.3 Å². The molecule has 0 fully saturated rings. The molecule has 118 valence electrons. The minimum absolute atomic E-state index is 0.282. The first-order chi connectivity index (χ1) is 9.94. The third-order valence-electron chi connectivity index (χ3n) is 3.79. The molecule has 2 nitrogen and oxygen atoms in total. The van der Waals surface area contributed by atoms with E-state index in [9.17, 15) is 5.21 Å². The van der Waals surface area contributed by atoms with E-state index < -0.39 is 0 Å². The lowest BCUT2D eigenvalue weighted by Crippen LogP contribution is -2.17. The zero-order valence-electron chi connectivity index (χ0n) is 14.6. The summed E-state index contributed by atoms with van der Waals surface area (Å²) in [6.07, 6.45) is 5.22. The number of benzene rings is 1. The minimum Gasteiger partial charge on any atom is -0.411 e. The predicted octanol–water partition coefficient (Wildman–Crippen LogP) is 5.38. The van der Waals surface area contributed by atoms with Crippen LogP contribution in [0.2, 0.25) is 0 Å². The van der Waals surface area contributed by atoms with Crippen LogP contribution in [0, 0.1) is 5.41 Å². The molecule has 0 unspecified atom stereocenters. The summed E-state index contributed by atoms with van der Waals surface area (Å²) in [6, 6.07) is 4.60. The van der Waals surface area contributed by atoms with Gasteiger partial charge in [-0.25, -0.2) is 0 Å². The van der Waals surface area contributed by atoms with Crippen molar-refractivity contribution in [3.05, 3.63) is 34.4 Å². The molecule has 1 N–H and O–H groups in total. The van der Waals surface area contributed by atoms with Gasteiger partial charge in [-0.15, -0.1) is 0 Å². The average Bonchev–Trinajstić information content (AvgIpc) is 2.46. The molecule has 1 aromatic carbocycles. The normalized spacial score (nSPS) is 16.2. The second kappa shape index (κ2) is 7.63. The molecule has 2 rings (SSSR count). The smallest absolute Gasteiger partial charge is 0.0870 e. The summed E-state index contributed by atoms with van der Waals surface area (Å²) in [7, 11) is 0. The highest BCUT2D eigenvalue weighted by molar-refractivity contribution is 6.02. The van der Waals surface area contributed by atoms with Gasteiger partial charge in [-0.3, -0.25) is 0 Å². The SMILES string of the molecule is CC.CCc1cc(CC(C)(C)C)cc2c1CCC/C2=N\O. The largest absolute Gasteiger partial charge is 0.411 e. The standard InChI is InChI=1S/C17H25NO.C2H6/c1-5-13-9-12(11-17(2,3)4)10-15-14(13)7-6-8-16(15)18-19;1-2/h9-10,19H,5-8,11H2,1-4H3;1-2H3/b18-16+;. The quantitative estimate of drug-likeness (QED) is 0.575. The van der Waals surface area contributed by atoms with Gasteiger partial charge in [-0.1, -0.05) is 52.8 Å².